The van der Waals surface area contributed by atoms with E-state index in [-0.39, 0.29) is 0 Å². The van der Waals surface area contributed by atoms with Crippen LogP contribution < -0.4 is 0 Å². The molecule has 0 aromatic heterocycles. The van der Waals surface area contributed by atoms with Crippen LogP contribution in [-0.2, 0) is 4.74 Å². The quantitative estimate of drug-likeness (QED) is 0.396. The molecule has 0 atom stereocenters. The van der Waals surface area contributed by atoms with Crippen LogP contribution in [0.4, 0.5) is 0 Å². The van der Waals surface area contributed by atoms with Gasteiger partial charge in [0.2, 0.25) is 0 Å². The predicted molar refractivity (Wildman–Crippen MR) is 54.1 cm³/mol. The second-order valence-electron chi connectivity index (χ2n) is 3.20. The van der Waals surface area contributed by atoms with Crippen LogP contribution in [0.5, 0.6) is 0 Å². The SMILES string of the molecule is C=C(CCCC)OCCCCC. The van der Waals surface area contributed by atoms with Crippen molar-refractivity contribution < 1.29 is 4.74 Å². The molecule has 0 radical (unpaired) electrons. The Kier molecular flexibility index (Phi) is 8.30. The van der Waals surface area contributed by atoms with Crippen molar-refractivity contribution in [2.24, 2.45) is 0 Å². The van der Waals surface area contributed by atoms with Crippen LogP contribution in [0.15, 0.2) is 12.3 Å². The van der Waals surface area contributed by atoms with Gasteiger partial charge in [-0.2, -0.15) is 0 Å². The van der Waals surface area contributed by atoms with Crippen LogP contribution in [0.2, 0.25) is 0 Å². The Morgan fingerprint density at radius 2 is 1.75 bits per heavy atom. The van der Waals surface area contributed by atoms with E-state index < -0.39 is 0 Å². The Hall–Kier alpha value is -0.460. The summed E-state index contributed by atoms with van der Waals surface area (Å²) in [5.74, 6) is 0.966. The minimum absolute atomic E-state index is 0.858. The maximum atomic E-state index is 5.45. The first-order valence-corrected chi connectivity index (χ1v) is 5.11. The van der Waals surface area contributed by atoms with Gasteiger partial charge in [-0.1, -0.05) is 39.7 Å². The molecular weight excluding hydrogens is 148 g/mol. The van der Waals surface area contributed by atoms with Gasteiger partial charge < -0.3 is 4.74 Å². The van der Waals surface area contributed by atoms with E-state index >= 15 is 0 Å². The van der Waals surface area contributed by atoms with E-state index in [1.165, 1.54) is 32.1 Å². The summed E-state index contributed by atoms with van der Waals surface area (Å²) in [4.78, 5) is 0. The number of hydrogen-bond acceptors (Lipinski definition) is 1. The Bertz CT molecular complexity index is 108. The van der Waals surface area contributed by atoms with Gasteiger partial charge in [0.25, 0.3) is 0 Å². The fourth-order valence-electron chi connectivity index (χ4n) is 1.01. The van der Waals surface area contributed by atoms with Gasteiger partial charge >= 0.3 is 0 Å². The van der Waals surface area contributed by atoms with E-state index in [0.29, 0.717) is 0 Å². The molecular formula is C11H22O. The minimum Gasteiger partial charge on any atom is -0.499 e. The average Bonchev–Trinajstić information content (AvgIpc) is 2.09. The lowest BCUT2D eigenvalue weighted by molar-refractivity contribution is 0.196. The van der Waals surface area contributed by atoms with E-state index in [1.54, 1.807) is 0 Å². The van der Waals surface area contributed by atoms with E-state index in [4.69, 9.17) is 4.74 Å². The van der Waals surface area contributed by atoms with Gasteiger partial charge in [-0.15, -0.1) is 0 Å². The molecule has 0 fully saturated rings. The third-order valence-corrected chi connectivity index (χ3v) is 1.86. The monoisotopic (exact) mass is 170 g/mol. The zero-order chi connectivity index (χ0) is 9.23. The van der Waals surface area contributed by atoms with Crippen molar-refractivity contribution in [3.63, 3.8) is 0 Å². The molecule has 0 rings (SSSR count). The van der Waals surface area contributed by atoms with Crippen LogP contribution in [0.25, 0.3) is 0 Å². The maximum absolute atomic E-state index is 5.45. The summed E-state index contributed by atoms with van der Waals surface area (Å²) in [5, 5.41) is 0. The second kappa shape index (κ2) is 8.63. The number of ether oxygens (including phenoxy) is 1. The molecule has 0 aliphatic rings. The molecule has 0 saturated carbocycles. The number of rotatable bonds is 8. The van der Waals surface area contributed by atoms with Crippen LogP contribution >= 0.6 is 0 Å². The molecule has 0 N–H and O–H groups in total. The zero-order valence-electron chi connectivity index (χ0n) is 8.57. The highest BCUT2D eigenvalue weighted by molar-refractivity contribution is 4.81. The highest BCUT2D eigenvalue weighted by atomic mass is 16.5. The Morgan fingerprint density at radius 3 is 2.33 bits per heavy atom. The van der Waals surface area contributed by atoms with Gasteiger partial charge in [0.05, 0.1) is 12.4 Å². The molecule has 1 heteroatoms. The van der Waals surface area contributed by atoms with Crippen molar-refractivity contribution in [1.29, 1.82) is 0 Å². The summed E-state index contributed by atoms with van der Waals surface area (Å²) in [7, 11) is 0. The van der Waals surface area contributed by atoms with E-state index in [1.807, 2.05) is 0 Å². The second-order valence-corrected chi connectivity index (χ2v) is 3.20. The summed E-state index contributed by atoms with van der Waals surface area (Å²) in [6, 6.07) is 0. The van der Waals surface area contributed by atoms with Gasteiger partial charge in [-0.25, -0.2) is 0 Å². The molecule has 0 spiro atoms. The smallest absolute Gasteiger partial charge is 0.0888 e. The first-order valence-electron chi connectivity index (χ1n) is 5.11. The molecule has 72 valence electrons. The van der Waals surface area contributed by atoms with Crippen molar-refractivity contribution in [2.45, 2.75) is 52.4 Å². The summed E-state index contributed by atoms with van der Waals surface area (Å²) >= 11 is 0. The molecule has 0 aromatic rings. The minimum atomic E-state index is 0.858. The van der Waals surface area contributed by atoms with Gasteiger partial charge in [0.15, 0.2) is 0 Å². The van der Waals surface area contributed by atoms with Gasteiger partial charge in [-0.3, -0.25) is 0 Å². The largest absolute Gasteiger partial charge is 0.499 e. The predicted octanol–water partition coefficient (Wildman–Crippen LogP) is 3.90. The highest BCUT2D eigenvalue weighted by Crippen LogP contribution is 2.07. The summed E-state index contributed by atoms with van der Waals surface area (Å²) in [6.45, 7) is 9.11. The Morgan fingerprint density at radius 1 is 1.08 bits per heavy atom. The summed E-state index contributed by atoms with van der Waals surface area (Å²) < 4.78 is 5.45. The first kappa shape index (κ1) is 11.5. The molecule has 0 heterocycles. The van der Waals surface area contributed by atoms with Crippen molar-refractivity contribution in [3.8, 4) is 0 Å². The number of unbranched alkanes of at least 4 members (excludes halogenated alkanes) is 3. The molecule has 0 aliphatic carbocycles. The van der Waals surface area contributed by atoms with Crippen molar-refractivity contribution in [1.82, 2.24) is 0 Å². The molecule has 0 saturated heterocycles. The highest BCUT2D eigenvalue weighted by Gasteiger charge is 1.93. The van der Waals surface area contributed by atoms with E-state index in [0.717, 1.165) is 18.8 Å². The van der Waals surface area contributed by atoms with Crippen molar-refractivity contribution in [2.75, 3.05) is 6.61 Å². The third kappa shape index (κ3) is 7.64. The van der Waals surface area contributed by atoms with Crippen LogP contribution in [0.1, 0.15) is 52.4 Å². The maximum Gasteiger partial charge on any atom is 0.0888 e. The fraction of sp³-hybridized carbons (Fsp3) is 0.818. The third-order valence-electron chi connectivity index (χ3n) is 1.86. The molecule has 1 nitrogen and oxygen atoms in total. The van der Waals surface area contributed by atoms with Gasteiger partial charge in [-0.05, 0) is 12.8 Å². The zero-order valence-corrected chi connectivity index (χ0v) is 8.57. The van der Waals surface area contributed by atoms with E-state index in [2.05, 4.69) is 20.4 Å². The molecule has 0 aliphatic heterocycles. The van der Waals surface area contributed by atoms with Crippen LogP contribution in [0, 0.1) is 0 Å². The Balaban J connectivity index is 3.08. The Labute approximate surface area is 76.8 Å². The lowest BCUT2D eigenvalue weighted by atomic mass is 10.2. The van der Waals surface area contributed by atoms with Gasteiger partial charge in [0.1, 0.15) is 0 Å². The lowest BCUT2D eigenvalue weighted by Crippen LogP contribution is -1.93. The van der Waals surface area contributed by atoms with E-state index in [9.17, 15) is 0 Å². The average molecular weight is 170 g/mol. The molecule has 0 aromatic carbocycles. The summed E-state index contributed by atoms with van der Waals surface area (Å²) in [5.41, 5.74) is 0. The van der Waals surface area contributed by atoms with Crippen LogP contribution in [-0.4, -0.2) is 6.61 Å². The lowest BCUT2D eigenvalue weighted by Gasteiger charge is -2.07. The number of allylic oxidation sites excluding steroid dienone is 1. The molecule has 0 unspecified atom stereocenters. The molecule has 0 bridgehead atoms. The summed E-state index contributed by atoms with van der Waals surface area (Å²) in [6.07, 6.45) is 7.14. The van der Waals surface area contributed by atoms with Crippen molar-refractivity contribution in [3.05, 3.63) is 12.3 Å². The first-order chi connectivity index (χ1) is 5.81. The molecule has 0 amide bonds. The standard InChI is InChI=1S/C11H22O/c1-4-6-8-10-12-11(3)9-7-5-2/h3-10H2,1-2H3. The van der Waals surface area contributed by atoms with Crippen LogP contribution in [0.3, 0.4) is 0 Å². The van der Waals surface area contributed by atoms with Gasteiger partial charge in [0, 0.05) is 6.42 Å². The normalized spacial score (nSPS) is 9.83. The fourth-order valence-corrected chi connectivity index (χ4v) is 1.01. The number of hydrogen-bond donors (Lipinski definition) is 0. The topological polar surface area (TPSA) is 9.23 Å². The van der Waals surface area contributed by atoms with Crippen molar-refractivity contribution >= 4 is 0 Å². The molecule has 12 heavy (non-hydrogen) atoms.